The van der Waals surface area contributed by atoms with Gasteiger partial charge in [-0.25, -0.2) is 22.2 Å². The van der Waals surface area contributed by atoms with Crippen LogP contribution in [0.3, 0.4) is 0 Å². The van der Waals surface area contributed by atoms with Gasteiger partial charge in [-0.15, -0.1) is 0 Å². The van der Waals surface area contributed by atoms with Crippen LogP contribution in [0.5, 0.6) is 0 Å². The lowest BCUT2D eigenvalue weighted by Gasteiger charge is -2.16. The van der Waals surface area contributed by atoms with Gasteiger partial charge in [0.15, 0.2) is 17.3 Å². The van der Waals surface area contributed by atoms with E-state index < -0.39 is 61.8 Å². The number of anilines is 1. The van der Waals surface area contributed by atoms with Gasteiger partial charge in [0.05, 0.1) is 5.69 Å². The molecular weight excluding hydrogens is 425 g/mol. The lowest BCUT2D eigenvalue weighted by molar-refractivity contribution is -0.147. The van der Waals surface area contributed by atoms with Crippen LogP contribution in [-0.4, -0.2) is 36.1 Å². The number of carbonyl (C=O) groups excluding carboxylic acids is 1. The Morgan fingerprint density at radius 3 is 2.48 bits per heavy atom. The maximum Gasteiger partial charge on any atom is 0.404 e. The van der Waals surface area contributed by atoms with Crippen molar-refractivity contribution in [3.05, 3.63) is 41.5 Å². The summed E-state index contributed by atoms with van der Waals surface area (Å²) < 4.78 is 92.5. The monoisotopic (exact) mass is 437 g/mol. The molecule has 29 heavy (non-hydrogen) atoms. The van der Waals surface area contributed by atoms with Crippen molar-refractivity contribution in [1.29, 1.82) is 5.26 Å². The molecule has 1 atom stereocenters. The van der Waals surface area contributed by atoms with Gasteiger partial charge in [-0.1, -0.05) is 0 Å². The molecule has 8 nitrogen and oxygen atoms in total. The lowest BCUT2D eigenvalue weighted by atomic mass is 10.3. The zero-order valence-corrected chi connectivity index (χ0v) is 15.5. The van der Waals surface area contributed by atoms with Crippen LogP contribution < -0.4 is 10.0 Å². The highest BCUT2D eigenvalue weighted by Gasteiger charge is 2.40. The predicted octanol–water partition coefficient (Wildman–Crippen LogP) is 2.05. The smallest absolute Gasteiger partial charge is 0.343 e. The largest absolute Gasteiger partial charge is 0.404 e. The number of carbonyl (C=O) groups is 1. The zero-order valence-electron chi connectivity index (χ0n) is 14.7. The van der Waals surface area contributed by atoms with Crippen LogP contribution in [0.15, 0.2) is 23.4 Å². The summed E-state index contributed by atoms with van der Waals surface area (Å²) in [5.74, 6) is -4.14. The number of hydrogen-bond donors (Lipinski definition) is 2. The first-order valence-corrected chi connectivity index (χ1v) is 9.07. The number of pyridine rings is 1. The van der Waals surface area contributed by atoms with Gasteiger partial charge < -0.3 is 9.88 Å². The van der Waals surface area contributed by atoms with Crippen molar-refractivity contribution >= 4 is 21.6 Å². The third-order valence-corrected chi connectivity index (χ3v) is 5.19. The molecule has 0 radical (unpaired) electrons. The second-order valence-corrected chi connectivity index (χ2v) is 7.42. The van der Waals surface area contributed by atoms with Gasteiger partial charge in [-0.05, 0) is 13.0 Å². The normalized spacial score (nSPS) is 13.0. The van der Waals surface area contributed by atoms with Gasteiger partial charge in [0, 0.05) is 19.4 Å². The van der Waals surface area contributed by atoms with E-state index in [-0.39, 0.29) is 0 Å². The van der Waals surface area contributed by atoms with Crippen LogP contribution in [-0.2, 0) is 17.1 Å². The Hall–Kier alpha value is -3.05. The molecule has 0 saturated carbocycles. The predicted molar refractivity (Wildman–Crippen MR) is 88.1 cm³/mol. The average Bonchev–Trinajstić information content (AvgIpc) is 2.91. The maximum atomic E-state index is 14.6. The molecule has 0 saturated heterocycles. The number of nitrogens with zero attached hydrogens (tertiary/aromatic N) is 3. The Morgan fingerprint density at radius 2 is 1.93 bits per heavy atom. The molecule has 2 N–H and O–H groups in total. The Kier molecular flexibility index (Phi) is 5.95. The van der Waals surface area contributed by atoms with E-state index >= 15 is 0 Å². The highest BCUT2D eigenvalue weighted by Crippen LogP contribution is 2.25. The van der Waals surface area contributed by atoms with Crippen molar-refractivity contribution in [2.24, 2.45) is 7.05 Å². The molecule has 2 aromatic rings. The van der Waals surface area contributed by atoms with E-state index in [2.05, 4.69) is 4.98 Å². The van der Waals surface area contributed by atoms with Crippen LogP contribution in [0, 0.1) is 23.0 Å². The summed E-state index contributed by atoms with van der Waals surface area (Å²) in [7, 11) is -3.91. The molecule has 0 fully saturated rings. The van der Waals surface area contributed by atoms with Crippen molar-refractivity contribution in [1.82, 2.24) is 14.3 Å². The summed E-state index contributed by atoms with van der Waals surface area (Å²) in [6.07, 6.45) is -3.33. The van der Waals surface area contributed by atoms with Crippen LogP contribution in [0.4, 0.5) is 27.6 Å². The van der Waals surface area contributed by atoms with Crippen molar-refractivity contribution in [2.75, 3.05) is 5.32 Å². The number of sulfonamides is 1. The average molecular weight is 437 g/mol. The second-order valence-electron chi connectivity index (χ2n) is 5.74. The van der Waals surface area contributed by atoms with Crippen molar-refractivity contribution in [2.45, 2.75) is 24.0 Å². The number of aromatic nitrogens is 2. The fourth-order valence-corrected chi connectivity index (χ4v) is 3.53. The highest BCUT2D eigenvalue weighted by atomic mass is 32.2. The summed E-state index contributed by atoms with van der Waals surface area (Å²) in [6.45, 7) is 0.519. The van der Waals surface area contributed by atoms with E-state index in [0.29, 0.717) is 17.7 Å². The lowest BCUT2D eigenvalue weighted by Crippen LogP contribution is -2.43. The van der Waals surface area contributed by atoms with Gasteiger partial charge in [-0.3, -0.25) is 4.79 Å². The third kappa shape index (κ3) is 4.51. The van der Waals surface area contributed by atoms with Crippen LogP contribution >= 0.6 is 0 Å². The van der Waals surface area contributed by atoms with E-state index in [1.54, 1.807) is 0 Å². The summed E-state index contributed by atoms with van der Waals surface area (Å²) in [5.41, 5.74) is -2.07. The van der Waals surface area contributed by atoms with Gasteiger partial charge in [0.2, 0.25) is 10.0 Å². The molecule has 1 amide bonds. The number of alkyl halides is 3. The standard InChI is InChI=1S/C15H12F5N5O3S/c1-7(15(18,19)20)24-29(27,28)10-6-25(2)13(12(10)17)14(26)23-8-3-4-22-9(5-21)11(8)16/h3-4,6-7,24H,1-2H3,(H,22,23,26)/t7-/m1/s1. The number of nitriles is 1. The van der Waals surface area contributed by atoms with E-state index in [9.17, 15) is 35.2 Å². The third-order valence-electron chi connectivity index (χ3n) is 3.66. The first-order chi connectivity index (χ1) is 13.3. The van der Waals surface area contributed by atoms with Gasteiger partial charge in [0.25, 0.3) is 5.91 Å². The van der Waals surface area contributed by atoms with Crippen LogP contribution in [0.25, 0.3) is 0 Å². The Morgan fingerprint density at radius 1 is 1.31 bits per heavy atom. The second kappa shape index (κ2) is 7.76. The number of halogens is 5. The molecule has 0 aromatic carbocycles. The Bertz CT molecular complexity index is 1100. The summed E-state index contributed by atoms with van der Waals surface area (Å²) >= 11 is 0. The minimum atomic E-state index is -4.97. The van der Waals surface area contributed by atoms with Gasteiger partial charge in [0.1, 0.15) is 22.7 Å². The Labute approximate surface area is 161 Å². The van der Waals surface area contributed by atoms with Crippen LogP contribution in [0.2, 0.25) is 0 Å². The minimum absolute atomic E-state index is 0.519. The highest BCUT2D eigenvalue weighted by molar-refractivity contribution is 7.89. The number of rotatable bonds is 5. The van der Waals surface area contributed by atoms with E-state index in [4.69, 9.17) is 5.26 Å². The number of aryl methyl sites for hydroxylation is 1. The molecule has 14 heteroatoms. The molecular formula is C15H12F5N5O3S. The molecule has 2 rings (SSSR count). The van der Waals surface area contributed by atoms with E-state index in [1.165, 1.54) is 10.8 Å². The fourth-order valence-electron chi connectivity index (χ4n) is 2.18. The quantitative estimate of drug-likeness (QED) is 0.695. The number of nitrogens with one attached hydrogen (secondary N) is 2. The molecule has 0 aliphatic heterocycles. The fraction of sp³-hybridized carbons (Fsp3) is 0.267. The molecule has 0 spiro atoms. The molecule has 0 bridgehead atoms. The molecule has 2 aromatic heterocycles. The van der Waals surface area contributed by atoms with Crippen LogP contribution in [0.1, 0.15) is 23.1 Å². The topological polar surface area (TPSA) is 117 Å². The molecule has 0 aliphatic rings. The Balaban J connectivity index is 2.39. The van der Waals surface area contributed by atoms with Crippen molar-refractivity contribution in [3.8, 4) is 6.07 Å². The number of amides is 1. The first kappa shape index (κ1) is 22.2. The molecule has 0 aliphatic carbocycles. The first-order valence-electron chi connectivity index (χ1n) is 7.59. The molecule has 156 valence electrons. The molecule has 0 unspecified atom stereocenters. The summed E-state index contributed by atoms with van der Waals surface area (Å²) in [5, 5.41) is 10.7. The van der Waals surface area contributed by atoms with Gasteiger partial charge >= 0.3 is 6.18 Å². The van der Waals surface area contributed by atoms with Crippen molar-refractivity contribution in [3.63, 3.8) is 0 Å². The van der Waals surface area contributed by atoms with Crippen molar-refractivity contribution < 1.29 is 35.2 Å². The maximum absolute atomic E-state index is 14.6. The SMILES string of the molecule is C[C@@H](NS(=O)(=O)c1cn(C)c(C(=O)Nc2ccnc(C#N)c2F)c1F)C(F)(F)F. The molecule has 2 heterocycles. The minimum Gasteiger partial charge on any atom is -0.343 e. The van der Waals surface area contributed by atoms with E-state index in [0.717, 1.165) is 19.3 Å². The number of hydrogen-bond acceptors (Lipinski definition) is 5. The zero-order chi connectivity index (χ0) is 22.1. The summed E-state index contributed by atoms with van der Waals surface area (Å²) in [6, 6.07) is -0.113. The van der Waals surface area contributed by atoms with Gasteiger partial charge in [-0.2, -0.15) is 23.2 Å². The van der Waals surface area contributed by atoms with E-state index in [1.807, 2.05) is 5.32 Å². The summed E-state index contributed by atoms with van der Waals surface area (Å²) in [4.78, 5) is 14.5.